The first-order valence-electron chi connectivity index (χ1n) is 15.4. The Morgan fingerprint density at radius 3 is 2.27 bits per heavy atom. The van der Waals surface area contributed by atoms with Crippen molar-refractivity contribution in [1.82, 2.24) is 15.5 Å². The lowest BCUT2D eigenvalue weighted by molar-refractivity contribution is -0.143. The lowest BCUT2D eigenvalue weighted by Crippen LogP contribution is -2.58. The van der Waals surface area contributed by atoms with Crippen LogP contribution in [0.15, 0.2) is 103 Å². The van der Waals surface area contributed by atoms with Crippen molar-refractivity contribution in [3.8, 4) is 5.75 Å². The maximum atomic E-state index is 14.2. The third-order valence-corrected chi connectivity index (χ3v) is 8.73. The number of nitrogens with one attached hydrogen (secondary N) is 2. The van der Waals surface area contributed by atoms with Crippen LogP contribution in [0.1, 0.15) is 52.3 Å². The normalized spacial score (nSPS) is 17.7. The molecule has 230 valence electrons. The molecule has 3 atom stereocenters. The van der Waals surface area contributed by atoms with Crippen LogP contribution < -0.4 is 15.4 Å². The number of fused-ring (bicyclic) bond motifs is 2. The van der Waals surface area contributed by atoms with Crippen LogP contribution in [0, 0.1) is 0 Å². The lowest BCUT2D eigenvalue weighted by Gasteiger charge is -2.39. The maximum absolute atomic E-state index is 14.2. The molecule has 0 saturated heterocycles. The topological polar surface area (TPSA) is 108 Å². The summed E-state index contributed by atoms with van der Waals surface area (Å²) in [5.74, 6) is 0.0133. The van der Waals surface area contributed by atoms with Crippen molar-refractivity contribution in [1.29, 1.82) is 0 Å². The van der Waals surface area contributed by atoms with Gasteiger partial charge in [-0.1, -0.05) is 91.0 Å². The molecule has 1 heterocycles. The fraction of sp³-hybridized carbons (Fsp3) is 0.270. The van der Waals surface area contributed by atoms with Crippen LogP contribution in [0.3, 0.4) is 0 Å². The molecule has 0 bridgehead atoms. The van der Waals surface area contributed by atoms with Gasteiger partial charge in [0.05, 0.1) is 6.04 Å². The van der Waals surface area contributed by atoms with Crippen LogP contribution in [0.5, 0.6) is 5.75 Å². The van der Waals surface area contributed by atoms with Gasteiger partial charge in [-0.25, -0.2) is 4.79 Å². The third kappa shape index (κ3) is 7.17. The van der Waals surface area contributed by atoms with E-state index in [2.05, 4.69) is 22.8 Å². The molecule has 0 radical (unpaired) electrons. The fourth-order valence-electron chi connectivity index (χ4n) is 6.41. The molecule has 1 aliphatic carbocycles. The summed E-state index contributed by atoms with van der Waals surface area (Å²) in [5, 5.41) is 15.4. The molecule has 3 amide bonds. The molecule has 2 aliphatic rings. The van der Waals surface area contributed by atoms with Gasteiger partial charge in [-0.2, -0.15) is 0 Å². The van der Waals surface area contributed by atoms with E-state index < -0.39 is 24.1 Å². The van der Waals surface area contributed by atoms with E-state index in [4.69, 9.17) is 4.74 Å². The Morgan fingerprint density at radius 2 is 1.51 bits per heavy atom. The van der Waals surface area contributed by atoms with Gasteiger partial charge in [-0.3, -0.25) is 9.59 Å². The van der Waals surface area contributed by atoms with Gasteiger partial charge >= 0.3 is 6.09 Å². The van der Waals surface area contributed by atoms with E-state index in [1.807, 2.05) is 91.0 Å². The van der Waals surface area contributed by atoms with Crippen LogP contribution in [-0.2, 0) is 42.0 Å². The minimum atomic E-state index is -1.30. The molecule has 0 saturated carbocycles. The van der Waals surface area contributed by atoms with Crippen molar-refractivity contribution >= 4 is 17.9 Å². The molecule has 0 aromatic heterocycles. The smallest absolute Gasteiger partial charge is 0.405 e. The zero-order valence-electron chi connectivity index (χ0n) is 25.0. The van der Waals surface area contributed by atoms with Crippen molar-refractivity contribution in [3.63, 3.8) is 0 Å². The first kappa shape index (κ1) is 29.9. The average Bonchev–Trinajstić information content (AvgIpc) is 3.07. The number of benzene rings is 4. The SMILES string of the molecule is O=C(O)NC(Cc1ccc(OCc2ccccc2)cc1)C(=O)N1Cc2ccccc2CC1C(=O)N[C@@H]1CCCc2ccccc21. The summed E-state index contributed by atoms with van der Waals surface area (Å²) < 4.78 is 5.89. The van der Waals surface area contributed by atoms with E-state index in [0.717, 1.165) is 47.1 Å². The highest BCUT2D eigenvalue weighted by Gasteiger charge is 2.39. The number of carboxylic acid groups (broad SMARTS) is 1. The second kappa shape index (κ2) is 13.7. The fourth-order valence-corrected chi connectivity index (χ4v) is 6.41. The molecule has 8 heteroatoms. The number of carbonyl (C=O) groups is 3. The Labute approximate surface area is 263 Å². The third-order valence-electron chi connectivity index (χ3n) is 8.73. The Balaban J connectivity index is 1.20. The van der Waals surface area contributed by atoms with Gasteiger partial charge in [-0.05, 0) is 64.8 Å². The van der Waals surface area contributed by atoms with Gasteiger partial charge in [0.1, 0.15) is 24.4 Å². The van der Waals surface area contributed by atoms with Crippen molar-refractivity contribution < 1.29 is 24.2 Å². The number of aryl methyl sites for hydroxylation is 1. The van der Waals surface area contributed by atoms with Gasteiger partial charge in [-0.15, -0.1) is 0 Å². The molecule has 0 spiro atoms. The number of hydrogen-bond donors (Lipinski definition) is 3. The summed E-state index contributed by atoms with van der Waals surface area (Å²) >= 11 is 0. The monoisotopic (exact) mass is 603 g/mol. The summed E-state index contributed by atoms with van der Waals surface area (Å²) in [7, 11) is 0. The number of hydrogen-bond acceptors (Lipinski definition) is 4. The van der Waals surface area contributed by atoms with Crippen molar-refractivity contribution in [2.75, 3.05) is 0 Å². The van der Waals surface area contributed by atoms with E-state index in [1.54, 1.807) is 4.90 Å². The first-order chi connectivity index (χ1) is 21.9. The highest BCUT2D eigenvalue weighted by atomic mass is 16.5. The minimum absolute atomic E-state index is 0.132. The van der Waals surface area contributed by atoms with Gasteiger partial charge in [0.2, 0.25) is 11.8 Å². The van der Waals surface area contributed by atoms with Crippen LogP contribution >= 0.6 is 0 Å². The Hall–Kier alpha value is -5.11. The Bertz CT molecular complexity index is 1660. The van der Waals surface area contributed by atoms with Crippen LogP contribution in [0.2, 0.25) is 0 Å². The Morgan fingerprint density at radius 1 is 0.822 bits per heavy atom. The quantitative estimate of drug-likeness (QED) is 0.231. The zero-order valence-corrected chi connectivity index (χ0v) is 25.0. The van der Waals surface area contributed by atoms with E-state index in [9.17, 15) is 19.5 Å². The second-order valence-corrected chi connectivity index (χ2v) is 11.7. The molecule has 4 aromatic carbocycles. The molecule has 8 nitrogen and oxygen atoms in total. The summed E-state index contributed by atoms with van der Waals surface area (Å²) in [4.78, 5) is 41.5. The molecular weight excluding hydrogens is 566 g/mol. The van der Waals surface area contributed by atoms with Gasteiger partial charge in [0.15, 0.2) is 0 Å². The number of amides is 3. The lowest BCUT2D eigenvalue weighted by atomic mass is 9.87. The van der Waals surface area contributed by atoms with E-state index >= 15 is 0 Å². The molecule has 2 unspecified atom stereocenters. The van der Waals surface area contributed by atoms with Crippen molar-refractivity contribution in [3.05, 3.63) is 137 Å². The largest absolute Gasteiger partial charge is 0.489 e. The zero-order chi connectivity index (χ0) is 31.2. The second-order valence-electron chi connectivity index (χ2n) is 11.7. The number of carbonyl (C=O) groups excluding carboxylic acids is 2. The minimum Gasteiger partial charge on any atom is -0.489 e. The molecular formula is C37H37N3O5. The van der Waals surface area contributed by atoms with E-state index in [1.165, 1.54) is 5.56 Å². The number of rotatable bonds is 9. The Kier molecular flexibility index (Phi) is 9.10. The van der Waals surface area contributed by atoms with Gasteiger partial charge < -0.3 is 25.4 Å². The summed E-state index contributed by atoms with van der Waals surface area (Å²) in [6.45, 7) is 0.645. The standard InChI is InChI=1S/C37H37N3O5/c41-35(38-32-16-8-14-27-11-6-7-15-31(27)32)34-22-28-12-4-5-13-29(28)23-40(34)36(42)33(39-37(43)44)21-25-17-19-30(20-18-25)45-24-26-9-2-1-3-10-26/h1-7,9-13,15,17-20,32-34,39H,8,14,16,21-24H2,(H,38,41)(H,43,44)/t32-,33?,34?/m1/s1. The van der Waals surface area contributed by atoms with Crippen molar-refractivity contribution in [2.24, 2.45) is 0 Å². The van der Waals surface area contributed by atoms with E-state index in [-0.39, 0.29) is 24.9 Å². The average molecular weight is 604 g/mol. The van der Waals surface area contributed by atoms with Crippen LogP contribution in [0.25, 0.3) is 0 Å². The van der Waals surface area contributed by atoms with Crippen molar-refractivity contribution in [2.45, 2.75) is 63.4 Å². The maximum Gasteiger partial charge on any atom is 0.405 e. The predicted molar refractivity (Wildman–Crippen MR) is 171 cm³/mol. The van der Waals surface area contributed by atoms with Crippen LogP contribution in [0.4, 0.5) is 4.79 Å². The molecule has 6 rings (SSSR count). The predicted octanol–water partition coefficient (Wildman–Crippen LogP) is 5.59. The molecule has 1 aliphatic heterocycles. The summed E-state index contributed by atoms with van der Waals surface area (Å²) in [6.07, 6.45) is 1.97. The van der Waals surface area contributed by atoms with Gasteiger partial charge in [0, 0.05) is 19.4 Å². The van der Waals surface area contributed by atoms with Gasteiger partial charge in [0.25, 0.3) is 0 Å². The number of ether oxygens (including phenoxy) is 1. The molecule has 0 fully saturated rings. The highest BCUT2D eigenvalue weighted by Crippen LogP contribution is 2.31. The highest BCUT2D eigenvalue weighted by molar-refractivity contribution is 5.92. The molecule has 4 aromatic rings. The first-order valence-corrected chi connectivity index (χ1v) is 15.4. The number of nitrogens with zero attached hydrogens (tertiary/aromatic N) is 1. The molecule has 45 heavy (non-hydrogen) atoms. The summed E-state index contributed by atoms with van der Waals surface area (Å²) in [6, 6.07) is 31.1. The van der Waals surface area contributed by atoms with E-state index in [0.29, 0.717) is 18.8 Å². The summed E-state index contributed by atoms with van der Waals surface area (Å²) in [5.41, 5.74) is 6.14. The van der Waals surface area contributed by atoms with Crippen LogP contribution in [-0.4, -0.2) is 40.0 Å². The molecule has 3 N–H and O–H groups in total.